The van der Waals surface area contributed by atoms with Gasteiger partial charge >= 0.3 is 0 Å². The number of ether oxygens (including phenoxy) is 1. The first kappa shape index (κ1) is 20.8. The van der Waals surface area contributed by atoms with E-state index in [1.54, 1.807) is 12.3 Å². The molecule has 1 aliphatic rings. The third-order valence-electron chi connectivity index (χ3n) is 4.92. The summed E-state index contributed by atoms with van der Waals surface area (Å²) in [5, 5.41) is 12.2. The van der Waals surface area contributed by atoms with E-state index in [-0.39, 0.29) is 5.25 Å². The molecule has 2 N–H and O–H groups in total. The monoisotopic (exact) mass is 440 g/mol. The van der Waals surface area contributed by atoms with Gasteiger partial charge in [-0.3, -0.25) is 0 Å². The molecule has 0 bridgehead atoms. The molecule has 1 aromatic heterocycles. The Hall–Kier alpha value is -3.42. The Balaban J connectivity index is 1.57. The molecule has 1 fully saturated rings. The molecule has 2 aromatic carbocycles. The quantitative estimate of drug-likeness (QED) is 0.374. The van der Waals surface area contributed by atoms with E-state index in [4.69, 9.17) is 10.00 Å². The van der Waals surface area contributed by atoms with Crippen molar-refractivity contribution in [2.24, 2.45) is 4.36 Å². The van der Waals surface area contributed by atoms with Crippen LogP contribution in [0.15, 0.2) is 53.2 Å². The van der Waals surface area contributed by atoms with Gasteiger partial charge in [0.05, 0.1) is 12.7 Å². The summed E-state index contributed by atoms with van der Waals surface area (Å²) in [4.78, 5) is 12.7. The van der Waals surface area contributed by atoms with Crippen LogP contribution in [-0.2, 0) is 15.9 Å². The summed E-state index contributed by atoms with van der Waals surface area (Å²) in [7, 11) is -1.21. The molecule has 0 saturated heterocycles. The number of methoxy groups -OCH3 is 1. The second kappa shape index (κ2) is 8.75. The third-order valence-corrected chi connectivity index (χ3v) is 7.88. The maximum atomic E-state index is 13.5. The molecule has 0 aliphatic heterocycles. The fourth-order valence-electron chi connectivity index (χ4n) is 3.29. The molecule has 10 heteroatoms. The van der Waals surface area contributed by atoms with E-state index >= 15 is 0 Å². The van der Waals surface area contributed by atoms with Gasteiger partial charge in [-0.05, 0) is 42.7 Å². The number of benzene rings is 2. The van der Waals surface area contributed by atoms with Gasteiger partial charge in [0, 0.05) is 22.8 Å². The minimum absolute atomic E-state index is 0.126. The lowest BCUT2D eigenvalue weighted by Gasteiger charge is -2.22. The largest absolute Gasteiger partial charge is 0.496 e. The Morgan fingerprint density at radius 1 is 1.29 bits per heavy atom. The van der Waals surface area contributed by atoms with Crippen molar-refractivity contribution < 1.29 is 13.7 Å². The SMILES string of the molecule is COc1cc(F)ccc1-c1ncnc(Nc2cccc(C[SH](O)(=NC#N)C3CC3)c2)n1. The molecule has 160 valence electrons. The second-order valence-corrected chi connectivity index (χ2v) is 10.00. The summed E-state index contributed by atoms with van der Waals surface area (Å²) >= 11 is 0. The molecule has 8 nitrogen and oxygen atoms in total. The predicted octanol–water partition coefficient (Wildman–Crippen LogP) is 4.12. The highest BCUT2D eigenvalue weighted by atomic mass is 32.3. The third kappa shape index (κ3) is 4.84. The Bertz CT molecular complexity index is 1210. The Morgan fingerprint density at radius 2 is 2.13 bits per heavy atom. The molecule has 0 spiro atoms. The zero-order valence-corrected chi connectivity index (χ0v) is 17.6. The summed E-state index contributed by atoms with van der Waals surface area (Å²) in [5.41, 5.74) is 2.14. The van der Waals surface area contributed by atoms with Crippen molar-refractivity contribution in [1.29, 1.82) is 5.26 Å². The summed E-state index contributed by atoms with van der Waals surface area (Å²) in [6.45, 7) is 0. The maximum Gasteiger partial charge on any atom is 0.230 e. The molecule has 1 saturated carbocycles. The number of halogens is 1. The van der Waals surface area contributed by atoms with E-state index in [9.17, 15) is 8.94 Å². The van der Waals surface area contributed by atoms with Crippen LogP contribution in [-0.4, -0.2) is 31.9 Å². The minimum atomic E-state index is -2.67. The topological polar surface area (TPSA) is 116 Å². The van der Waals surface area contributed by atoms with Gasteiger partial charge in [0.25, 0.3) is 0 Å². The highest BCUT2D eigenvalue weighted by Gasteiger charge is 2.33. The zero-order chi connectivity index (χ0) is 21.8. The number of aromatic nitrogens is 3. The lowest BCUT2D eigenvalue weighted by atomic mass is 10.2. The van der Waals surface area contributed by atoms with Gasteiger partial charge in [0.1, 0.15) is 17.9 Å². The predicted molar refractivity (Wildman–Crippen MR) is 118 cm³/mol. The number of nitrogens with zero attached hydrogens (tertiary/aromatic N) is 5. The zero-order valence-electron chi connectivity index (χ0n) is 16.7. The first-order valence-electron chi connectivity index (χ1n) is 9.61. The first-order valence-corrected chi connectivity index (χ1v) is 11.6. The molecular formula is C21H21FN6O2S. The van der Waals surface area contributed by atoms with Crippen LogP contribution in [0.3, 0.4) is 0 Å². The average molecular weight is 441 g/mol. The van der Waals surface area contributed by atoms with Crippen LogP contribution < -0.4 is 10.1 Å². The highest BCUT2D eigenvalue weighted by Crippen LogP contribution is 2.37. The van der Waals surface area contributed by atoms with E-state index in [2.05, 4.69) is 24.6 Å². The summed E-state index contributed by atoms with van der Waals surface area (Å²) in [5.74, 6) is 0.913. The number of rotatable bonds is 7. The number of nitrogens with one attached hydrogen (secondary N) is 1. The van der Waals surface area contributed by atoms with Crippen LogP contribution in [0.2, 0.25) is 0 Å². The summed E-state index contributed by atoms with van der Waals surface area (Å²) < 4.78 is 33.4. The van der Waals surface area contributed by atoms with Crippen molar-refractivity contribution in [2.45, 2.75) is 23.8 Å². The lowest BCUT2D eigenvalue weighted by Crippen LogP contribution is -2.18. The van der Waals surface area contributed by atoms with Crippen LogP contribution in [0.1, 0.15) is 18.4 Å². The Kier molecular flexibility index (Phi) is 5.88. The van der Waals surface area contributed by atoms with E-state index in [0.717, 1.165) is 24.1 Å². The molecule has 0 atom stereocenters. The molecule has 31 heavy (non-hydrogen) atoms. The van der Waals surface area contributed by atoms with Gasteiger partial charge in [-0.25, -0.2) is 14.4 Å². The smallest absolute Gasteiger partial charge is 0.230 e. The van der Waals surface area contributed by atoms with E-state index in [0.29, 0.717) is 28.8 Å². The Labute approximate surface area is 180 Å². The van der Waals surface area contributed by atoms with Crippen molar-refractivity contribution in [3.05, 3.63) is 60.2 Å². The first-order chi connectivity index (χ1) is 15.0. The normalized spacial score (nSPS) is 13.9. The number of thiol groups is 1. The van der Waals surface area contributed by atoms with Crippen LogP contribution in [0, 0.1) is 17.3 Å². The number of nitriles is 1. The Morgan fingerprint density at radius 3 is 2.87 bits per heavy atom. The molecule has 1 heterocycles. The van der Waals surface area contributed by atoms with Crippen LogP contribution in [0.5, 0.6) is 5.75 Å². The van der Waals surface area contributed by atoms with Crippen LogP contribution in [0.4, 0.5) is 16.0 Å². The van der Waals surface area contributed by atoms with E-state index in [1.165, 1.54) is 25.6 Å². The molecule has 1 aliphatic carbocycles. The summed E-state index contributed by atoms with van der Waals surface area (Å²) in [6, 6.07) is 11.6. The fraction of sp³-hybridized carbons (Fsp3) is 0.238. The van der Waals surface area contributed by atoms with Crippen molar-refractivity contribution >= 4 is 21.7 Å². The van der Waals surface area contributed by atoms with Gasteiger partial charge in [-0.15, -0.1) is 4.36 Å². The van der Waals surface area contributed by atoms with Gasteiger partial charge in [-0.2, -0.15) is 10.2 Å². The van der Waals surface area contributed by atoms with Crippen molar-refractivity contribution in [2.75, 3.05) is 12.4 Å². The van der Waals surface area contributed by atoms with Gasteiger partial charge < -0.3 is 14.6 Å². The van der Waals surface area contributed by atoms with Crippen molar-refractivity contribution in [3.63, 3.8) is 0 Å². The van der Waals surface area contributed by atoms with E-state index in [1.807, 2.05) is 24.3 Å². The van der Waals surface area contributed by atoms with Gasteiger partial charge in [0.15, 0.2) is 5.82 Å². The van der Waals surface area contributed by atoms with Crippen molar-refractivity contribution in [1.82, 2.24) is 15.0 Å². The molecule has 4 rings (SSSR count). The van der Waals surface area contributed by atoms with Gasteiger partial charge in [0.2, 0.25) is 12.1 Å². The molecule has 0 radical (unpaired) electrons. The number of hydrogen-bond acceptors (Lipinski definition) is 7. The highest BCUT2D eigenvalue weighted by molar-refractivity contribution is 8.00. The van der Waals surface area contributed by atoms with E-state index < -0.39 is 15.9 Å². The average Bonchev–Trinajstić information content (AvgIpc) is 3.60. The minimum Gasteiger partial charge on any atom is -0.496 e. The van der Waals surface area contributed by atoms with Crippen molar-refractivity contribution in [3.8, 4) is 23.3 Å². The second-order valence-electron chi connectivity index (χ2n) is 7.18. The molecule has 0 amide bonds. The fourth-order valence-corrected chi connectivity index (χ4v) is 5.65. The molecule has 0 unspecified atom stereocenters. The number of hydrogen-bond donors (Lipinski definition) is 3. The number of anilines is 2. The van der Waals surface area contributed by atoms with Crippen LogP contribution >= 0.6 is 0 Å². The van der Waals surface area contributed by atoms with Crippen LogP contribution in [0.25, 0.3) is 11.4 Å². The summed E-state index contributed by atoms with van der Waals surface area (Å²) in [6.07, 6.45) is 4.97. The molecule has 3 aromatic rings. The maximum absolute atomic E-state index is 13.5. The standard InChI is InChI=1S/C21H21FN6O2S/c1-30-19-10-15(22)5-8-18(19)20-24-13-25-21(28-20)27-16-4-2-3-14(9-16)11-31(29,26-12-23)17-6-7-17/h2-5,8-10,13,17,31H,6-7,11H2,1H3,(H,26,29)(H,24,25,27,28). The van der Waals surface area contributed by atoms with Gasteiger partial charge in [-0.1, -0.05) is 22.2 Å². The lowest BCUT2D eigenvalue weighted by molar-refractivity contribution is 0.412. The molecular weight excluding hydrogens is 419 g/mol.